The number of hydrogen-bond donors (Lipinski definition) is 2. The van der Waals surface area contributed by atoms with E-state index in [1.807, 2.05) is 0 Å². The molecule has 0 aromatic heterocycles. The van der Waals surface area contributed by atoms with Gasteiger partial charge in [-0.15, -0.1) is 0 Å². The summed E-state index contributed by atoms with van der Waals surface area (Å²) in [6.45, 7) is 3.16. The van der Waals surface area contributed by atoms with Crippen LogP contribution in [0, 0.1) is 0 Å². The minimum Gasteiger partial charge on any atom is -0.394 e. The van der Waals surface area contributed by atoms with Crippen molar-refractivity contribution < 1.29 is 19.5 Å². The lowest BCUT2D eigenvalue weighted by Gasteiger charge is -2.23. The quantitative estimate of drug-likeness (QED) is 0.783. The summed E-state index contributed by atoms with van der Waals surface area (Å²) in [7, 11) is 1.40. The van der Waals surface area contributed by atoms with Crippen LogP contribution in [-0.2, 0) is 0 Å². The largest absolute Gasteiger partial charge is 0.394 e. The van der Waals surface area contributed by atoms with E-state index >= 15 is 0 Å². The zero-order valence-corrected chi connectivity index (χ0v) is 11.6. The molecule has 0 unspecified atom stereocenters. The summed E-state index contributed by atoms with van der Waals surface area (Å²) in [6.07, 6.45) is 0. The Morgan fingerprint density at radius 2 is 1.85 bits per heavy atom. The maximum atomic E-state index is 12.1. The molecule has 1 aromatic carbocycles. The molecule has 1 aromatic rings. The molecule has 0 saturated heterocycles. The lowest BCUT2D eigenvalue weighted by atomic mass is 10.0. The number of carbonyl (C=O) groups is 3. The predicted octanol–water partition coefficient (Wildman–Crippen LogP) is 0.413. The first-order valence-corrected chi connectivity index (χ1v) is 6.16. The van der Waals surface area contributed by atoms with Crippen molar-refractivity contribution in [1.29, 1.82) is 0 Å². The second-order valence-corrected chi connectivity index (χ2v) is 5.43. The van der Waals surface area contributed by atoms with Crippen LogP contribution < -0.4 is 5.32 Å². The van der Waals surface area contributed by atoms with E-state index in [2.05, 4.69) is 5.32 Å². The van der Waals surface area contributed by atoms with E-state index in [0.29, 0.717) is 5.56 Å². The number of nitrogens with zero attached hydrogens (tertiary/aromatic N) is 1. The average Bonchev–Trinajstić information content (AvgIpc) is 2.63. The third kappa shape index (κ3) is 2.30. The maximum absolute atomic E-state index is 12.1. The number of rotatable bonds is 3. The van der Waals surface area contributed by atoms with Gasteiger partial charge in [0.25, 0.3) is 17.7 Å². The van der Waals surface area contributed by atoms with Gasteiger partial charge in [0.05, 0.1) is 23.3 Å². The van der Waals surface area contributed by atoms with Gasteiger partial charge < -0.3 is 10.4 Å². The fraction of sp³-hybridized carbons (Fsp3) is 0.357. The number of aliphatic hydroxyl groups excluding tert-OH is 1. The summed E-state index contributed by atoms with van der Waals surface area (Å²) in [5.74, 6) is -1.18. The average molecular weight is 276 g/mol. The minimum atomic E-state index is -0.757. The Kier molecular flexibility index (Phi) is 3.35. The summed E-state index contributed by atoms with van der Waals surface area (Å²) < 4.78 is 0. The summed E-state index contributed by atoms with van der Waals surface area (Å²) in [5, 5.41) is 11.8. The molecular formula is C14H16N2O4. The zero-order chi connectivity index (χ0) is 15.1. The highest BCUT2D eigenvalue weighted by molar-refractivity contribution is 6.21. The van der Waals surface area contributed by atoms with Crippen molar-refractivity contribution in [1.82, 2.24) is 10.2 Å². The van der Waals surface area contributed by atoms with Gasteiger partial charge in [-0.2, -0.15) is 0 Å². The van der Waals surface area contributed by atoms with Crippen LogP contribution in [0.15, 0.2) is 18.2 Å². The fourth-order valence-corrected chi connectivity index (χ4v) is 1.92. The zero-order valence-electron chi connectivity index (χ0n) is 11.6. The van der Waals surface area contributed by atoms with E-state index in [9.17, 15) is 14.4 Å². The smallest absolute Gasteiger partial charge is 0.261 e. The molecule has 0 saturated carbocycles. The Morgan fingerprint density at radius 3 is 2.45 bits per heavy atom. The van der Waals surface area contributed by atoms with Gasteiger partial charge in [0, 0.05) is 12.6 Å². The standard InChI is InChI=1S/C14H16N2O4/c1-14(2,7-17)15-11(18)8-4-5-9-10(6-8)13(20)16(3)12(9)19/h4-6,17H,7H2,1-3H3,(H,15,18). The number of benzene rings is 1. The summed E-state index contributed by atoms with van der Waals surface area (Å²) in [6, 6.07) is 4.37. The molecule has 0 bridgehead atoms. The van der Waals surface area contributed by atoms with Gasteiger partial charge in [0.2, 0.25) is 0 Å². The second kappa shape index (κ2) is 4.72. The number of aliphatic hydroxyl groups is 1. The predicted molar refractivity (Wildman–Crippen MR) is 71.5 cm³/mol. The highest BCUT2D eigenvalue weighted by atomic mass is 16.3. The minimum absolute atomic E-state index is 0.205. The van der Waals surface area contributed by atoms with Crippen LogP contribution in [-0.4, -0.2) is 46.9 Å². The molecule has 3 amide bonds. The molecule has 2 rings (SSSR count). The first kappa shape index (κ1) is 14.2. The lowest BCUT2D eigenvalue weighted by molar-refractivity contribution is 0.0693. The molecule has 1 aliphatic rings. The molecule has 0 aliphatic carbocycles. The van der Waals surface area contributed by atoms with Crippen LogP contribution in [0.4, 0.5) is 0 Å². The third-order valence-corrected chi connectivity index (χ3v) is 3.20. The Bertz CT molecular complexity index is 607. The van der Waals surface area contributed by atoms with E-state index in [1.54, 1.807) is 13.8 Å². The SMILES string of the molecule is CN1C(=O)c2ccc(C(=O)NC(C)(C)CO)cc2C1=O. The molecule has 0 atom stereocenters. The Labute approximate surface area is 116 Å². The molecule has 2 N–H and O–H groups in total. The second-order valence-electron chi connectivity index (χ2n) is 5.43. The molecule has 0 fully saturated rings. The number of amides is 3. The van der Waals surface area contributed by atoms with E-state index < -0.39 is 17.4 Å². The van der Waals surface area contributed by atoms with E-state index in [1.165, 1.54) is 25.2 Å². The monoisotopic (exact) mass is 276 g/mol. The highest BCUT2D eigenvalue weighted by Crippen LogP contribution is 2.22. The molecule has 20 heavy (non-hydrogen) atoms. The van der Waals surface area contributed by atoms with Gasteiger partial charge in [-0.25, -0.2) is 0 Å². The number of imide groups is 1. The first-order valence-electron chi connectivity index (χ1n) is 6.16. The van der Waals surface area contributed by atoms with Crippen molar-refractivity contribution >= 4 is 17.7 Å². The number of fused-ring (bicyclic) bond motifs is 1. The maximum Gasteiger partial charge on any atom is 0.261 e. The van der Waals surface area contributed by atoms with Gasteiger partial charge in [-0.05, 0) is 32.0 Å². The van der Waals surface area contributed by atoms with Gasteiger partial charge >= 0.3 is 0 Å². The van der Waals surface area contributed by atoms with Crippen LogP contribution in [0.2, 0.25) is 0 Å². The number of nitrogens with one attached hydrogen (secondary N) is 1. The van der Waals surface area contributed by atoms with Crippen molar-refractivity contribution in [3.05, 3.63) is 34.9 Å². The number of hydrogen-bond acceptors (Lipinski definition) is 4. The summed E-state index contributed by atoms with van der Waals surface area (Å²) in [5.41, 5.74) is 0.0522. The molecule has 106 valence electrons. The van der Waals surface area contributed by atoms with Crippen LogP contribution in [0.1, 0.15) is 44.9 Å². The van der Waals surface area contributed by atoms with Gasteiger partial charge in [-0.1, -0.05) is 0 Å². The molecule has 6 heteroatoms. The molecule has 0 spiro atoms. The normalized spacial score (nSPS) is 14.5. The number of carbonyl (C=O) groups excluding carboxylic acids is 3. The van der Waals surface area contributed by atoms with Crippen molar-refractivity contribution in [2.75, 3.05) is 13.7 Å². The topological polar surface area (TPSA) is 86.7 Å². The summed E-state index contributed by atoms with van der Waals surface area (Å²) >= 11 is 0. The van der Waals surface area contributed by atoms with Crippen LogP contribution >= 0.6 is 0 Å². The van der Waals surface area contributed by atoms with Gasteiger partial charge in [-0.3, -0.25) is 19.3 Å². The van der Waals surface area contributed by atoms with Crippen molar-refractivity contribution in [3.8, 4) is 0 Å². The third-order valence-electron chi connectivity index (χ3n) is 3.20. The van der Waals surface area contributed by atoms with E-state index in [-0.39, 0.29) is 23.6 Å². The molecule has 6 nitrogen and oxygen atoms in total. The van der Waals surface area contributed by atoms with Crippen LogP contribution in [0.25, 0.3) is 0 Å². The Morgan fingerprint density at radius 1 is 1.25 bits per heavy atom. The van der Waals surface area contributed by atoms with Crippen molar-refractivity contribution in [2.45, 2.75) is 19.4 Å². The first-order chi connectivity index (χ1) is 9.26. The molecular weight excluding hydrogens is 260 g/mol. The van der Waals surface area contributed by atoms with E-state index in [0.717, 1.165) is 4.90 Å². The summed E-state index contributed by atoms with van der Waals surface area (Å²) in [4.78, 5) is 36.7. The Hall–Kier alpha value is -2.21. The van der Waals surface area contributed by atoms with Crippen LogP contribution in [0.3, 0.4) is 0 Å². The fourth-order valence-electron chi connectivity index (χ4n) is 1.92. The molecule has 1 aliphatic heterocycles. The van der Waals surface area contributed by atoms with E-state index in [4.69, 9.17) is 5.11 Å². The Balaban J connectivity index is 2.32. The molecule has 1 heterocycles. The molecule has 0 radical (unpaired) electrons. The highest BCUT2D eigenvalue weighted by Gasteiger charge is 2.33. The van der Waals surface area contributed by atoms with Crippen molar-refractivity contribution in [3.63, 3.8) is 0 Å². The van der Waals surface area contributed by atoms with Crippen molar-refractivity contribution in [2.24, 2.45) is 0 Å². The van der Waals surface area contributed by atoms with Gasteiger partial charge in [0.15, 0.2) is 0 Å². The van der Waals surface area contributed by atoms with Gasteiger partial charge in [0.1, 0.15) is 0 Å². The van der Waals surface area contributed by atoms with Crippen LogP contribution in [0.5, 0.6) is 0 Å². The lowest BCUT2D eigenvalue weighted by Crippen LogP contribution is -2.46.